The van der Waals surface area contributed by atoms with Crippen molar-refractivity contribution in [3.05, 3.63) is 64.2 Å². The maximum absolute atomic E-state index is 10.6. The van der Waals surface area contributed by atoms with Gasteiger partial charge in [0.25, 0.3) is 11.6 Å². The number of nitro benzene ring substituents is 1. The number of hydrazone groups is 1. The van der Waals surface area contributed by atoms with Crippen molar-refractivity contribution in [2.24, 2.45) is 5.10 Å². The third kappa shape index (κ3) is 2.85. The number of non-ortho nitro benzene ring substituents is 1. The Hall–Kier alpha value is -3.88. The largest absolute Gasteiger partial charge is 0.338 e. The van der Waals surface area contributed by atoms with Crippen molar-refractivity contribution >= 4 is 39.9 Å². The molecule has 2 aromatic carbocycles. The number of nitrogens with zero attached hydrogens (tertiary/aromatic N) is 5. The Kier molecular flexibility index (Phi) is 3.51. The molecule has 0 aliphatic heterocycles. The zero-order chi connectivity index (χ0) is 17.2. The number of aromatic amines is 1. The summed E-state index contributed by atoms with van der Waals surface area (Å²) in [6, 6.07) is 13.8. The summed E-state index contributed by atoms with van der Waals surface area (Å²) in [6.07, 6.45) is 1.52. The fourth-order valence-corrected chi connectivity index (χ4v) is 2.41. The smallest absolute Gasteiger partial charge is 0.269 e. The first-order valence-electron chi connectivity index (χ1n) is 7.35. The molecule has 9 nitrogen and oxygen atoms in total. The van der Waals surface area contributed by atoms with Crippen LogP contribution in [0.5, 0.6) is 0 Å². The molecule has 2 N–H and O–H groups in total. The summed E-state index contributed by atoms with van der Waals surface area (Å²) in [5.41, 5.74) is 5.68. The zero-order valence-corrected chi connectivity index (χ0v) is 12.7. The molecule has 0 aliphatic carbocycles. The molecule has 4 aromatic rings. The Labute approximate surface area is 140 Å². The maximum Gasteiger partial charge on any atom is 0.269 e. The third-order valence-electron chi connectivity index (χ3n) is 3.60. The van der Waals surface area contributed by atoms with Gasteiger partial charge in [-0.2, -0.15) is 10.1 Å². The molecular weight excluding hydrogens is 322 g/mol. The van der Waals surface area contributed by atoms with E-state index in [-0.39, 0.29) is 11.6 Å². The predicted molar refractivity (Wildman–Crippen MR) is 93.5 cm³/mol. The van der Waals surface area contributed by atoms with Crippen molar-refractivity contribution in [2.75, 3.05) is 5.43 Å². The van der Waals surface area contributed by atoms with Gasteiger partial charge in [0.05, 0.1) is 11.1 Å². The highest BCUT2D eigenvalue weighted by Crippen LogP contribution is 2.21. The minimum atomic E-state index is -0.450. The molecule has 0 aliphatic rings. The summed E-state index contributed by atoms with van der Waals surface area (Å²) >= 11 is 0. The number of nitro groups is 1. The molecule has 2 heterocycles. The first-order chi connectivity index (χ1) is 12.2. The van der Waals surface area contributed by atoms with Crippen LogP contribution in [0.15, 0.2) is 53.6 Å². The lowest BCUT2D eigenvalue weighted by Gasteiger charge is -1.97. The Morgan fingerprint density at radius 3 is 2.72 bits per heavy atom. The van der Waals surface area contributed by atoms with Gasteiger partial charge in [0.15, 0.2) is 5.65 Å². The number of nitrogens with one attached hydrogen (secondary N) is 2. The molecule has 0 bridgehead atoms. The van der Waals surface area contributed by atoms with E-state index >= 15 is 0 Å². The van der Waals surface area contributed by atoms with Gasteiger partial charge in [0, 0.05) is 23.0 Å². The van der Waals surface area contributed by atoms with Crippen molar-refractivity contribution in [1.82, 2.24) is 20.2 Å². The third-order valence-corrected chi connectivity index (χ3v) is 3.60. The normalized spacial score (nSPS) is 11.4. The van der Waals surface area contributed by atoms with E-state index in [1.54, 1.807) is 12.1 Å². The van der Waals surface area contributed by atoms with E-state index in [4.69, 9.17) is 0 Å². The minimum absolute atomic E-state index is 0.0295. The Balaban J connectivity index is 1.54. The minimum Gasteiger partial charge on any atom is -0.338 e. The predicted octanol–water partition coefficient (Wildman–Crippen LogP) is 2.86. The van der Waals surface area contributed by atoms with E-state index in [0.29, 0.717) is 16.7 Å². The van der Waals surface area contributed by atoms with Gasteiger partial charge in [0.2, 0.25) is 0 Å². The van der Waals surface area contributed by atoms with Crippen LogP contribution in [0.3, 0.4) is 0 Å². The number of fused-ring (bicyclic) bond motifs is 3. The lowest BCUT2D eigenvalue weighted by atomic mass is 10.2. The van der Waals surface area contributed by atoms with Gasteiger partial charge in [-0.05, 0) is 23.8 Å². The summed E-state index contributed by atoms with van der Waals surface area (Å²) in [5.74, 6) is 0.247. The molecule has 0 spiro atoms. The quantitative estimate of drug-likeness (QED) is 0.336. The average molecular weight is 333 g/mol. The van der Waals surface area contributed by atoms with Gasteiger partial charge in [-0.1, -0.05) is 18.2 Å². The van der Waals surface area contributed by atoms with Gasteiger partial charge in [-0.15, -0.1) is 10.2 Å². The van der Waals surface area contributed by atoms with E-state index in [9.17, 15) is 10.1 Å². The van der Waals surface area contributed by atoms with E-state index in [1.807, 2.05) is 24.3 Å². The number of anilines is 1. The van der Waals surface area contributed by atoms with Gasteiger partial charge < -0.3 is 4.98 Å². The topological polar surface area (TPSA) is 122 Å². The van der Waals surface area contributed by atoms with Crippen LogP contribution in [0.25, 0.3) is 22.1 Å². The highest BCUT2D eigenvalue weighted by molar-refractivity contribution is 6.03. The standard InChI is InChI=1S/C16H11N7O2/c24-23(25)11-7-5-10(6-8-11)9-17-21-16-19-15-14(20-22-16)12-3-1-2-4-13(12)18-15/h1-9H,(H2,18,19,21,22)/b17-9+. The lowest BCUT2D eigenvalue weighted by molar-refractivity contribution is -0.384. The van der Waals surface area contributed by atoms with Crippen LogP contribution >= 0.6 is 0 Å². The molecular formula is C16H11N7O2. The van der Waals surface area contributed by atoms with Crippen molar-refractivity contribution in [2.45, 2.75) is 0 Å². The van der Waals surface area contributed by atoms with Gasteiger partial charge in [-0.3, -0.25) is 10.1 Å². The fraction of sp³-hybridized carbons (Fsp3) is 0. The highest BCUT2D eigenvalue weighted by atomic mass is 16.6. The first-order valence-corrected chi connectivity index (χ1v) is 7.35. The Bertz CT molecular complexity index is 1100. The van der Waals surface area contributed by atoms with Crippen LogP contribution in [0, 0.1) is 10.1 Å². The first kappa shape index (κ1) is 14.7. The van der Waals surface area contributed by atoms with Gasteiger partial charge in [0.1, 0.15) is 5.52 Å². The molecule has 0 atom stereocenters. The van der Waals surface area contributed by atoms with E-state index in [0.717, 1.165) is 10.9 Å². The number of rotatable bonds is 4. The lowest BCUT2D eigenvalue weighted by Crippen LogP contribution is -1.99. The van der Waals surface area contributed by atoms with Gasteiger partial charge in [-0.25, -0.2) is 5.43 Å². The summed E-state index contributed by atoms with van der Waals surface area (Å²) < 4.78 is 0. The zero-order valence-electron chi connectivity index (χ0n) is 12.7. The van der Waals surface area contributed by atoms with Crippen molar-refractivity contribution in [3.8, 4) is 0 Å². The number of aromatic nitrogens is 4. The highest BCUT2D eigenvalue weighted by Gasteiger charge is 2.08. The molecule has 2 aromatic heterocycles. The van der Waals surface area contributed by atoms with Crippen LogP contribution in [0.1, 0.15) is 5.56 Å². The molecule has 25 heavy (non-hydrogen) atoms. The second-order valence-corrected chi connectivity index (χ2v) is 5.22. The molecule has 122 valence electrons. The maximum atomic E-state index is 10.6. The summed E-state index contributed by atoms with van der Waals surface area (Å²) in [5, 5.41) is 23.8. The molecule has 0 amide bonds. The summed E-state index contributed by atoms with van der Waals surface area (Å²) in [4.78, 5) is 17.7. The molecule has 0 saturated carbocycles. The monoisotopic (exact) mass is 333 g/mol. The number of H-pyrrole nitrogens is 1. The van der Waals surface area contributed by atoms with Crippen molar-refractivity contribution in [1.29, 1.82) is 0 Å². The summed E-state index contributed by atoms with van der Waals surface area (Å²) in [6.45, 7) is 0. The van der Waals surface area contributed by atoms with E-state index in [1.165, 1.54) is 18.3 Å². The molecule has 0 radical (unpaired) electrons. The second-order valence-electron chi connectivity index (χ2n) is 5.22. The van der Waals surface area contributed by atoms with Crippen molar-refractivity contribution in [3.63, 3.8) is 0 Å². The summed E-state index contributed by atoms with van der Waals surface area (Å²) in [7, 11) is 0. The molecule has 0 unspecified atom stereocenters. The van der Waals surface area contributed by atoms with Crippen LogP contribution in [-0.2, 0) is 0 Å². The molecule has 0 saturated heterocycles. The van der Waals surface area contributed by atoms with Crippen molar-refractivity contribution < 1.29 is 4.92 Å². The number of hydrogen-bond acceptors (Lipinski definition) is 7. The van der Waals surface area contributed by atoms with E-state index in [2.05, 4.69) is 30.7 Å². The molecule has 0 fully saturated rings. The van der Waals surface area contributed by atoms with Crippen LogP contribution in [-0.4, -0.2) is 31.3 Å². The Morgan fingerprint density at radius 1 is 1.12 bits per heavy atom. The number of para-hydroxylation sites is 1. The fourth-order valence-electron chi connectivity index (χ4n) is 2.41. The second kappa shape index (κ2) is 5.96. The number of hydrogen-bond donors (Lipinski definition) is 2. The average Bonchev–Trinajstić information content (AvgIpc) is 3.00. The van der Waals surface area contributed by atoms with Crippen LogP contribution in [0.4, 0.5) is 11.6 Å². The Morgan fingerprint density at radius 2 is 1.92 bits per heavy atom. The van der Waals surface area contributed by atoms with E-state index < -0.39 is 4.92 Å². The van der Waals surface area contributed by atoms with Crippen LogP contribution in [0.2, 0.25) is 0 Å². The van der Waals surface area contributed by atoms with Crippen LogP contribution < -0.4 is 5.43 Å². The number of benzene rings is 2. The van der Waals surface area contributed by atoms with Gasteiger partial charge >= 0.3 is 0 Å². The molecule has 4 rings (SSSR count). The molecule has 9 heteroatoms. The SMILES string of the molecule is O=[N+]([O-])c1ccc(/C=N/Nc2nnc3c(n2)[nH]c2ccccc23)cc1.